The molecule has 0 unspecified atom stereocenters. The van der Waals surface area contributed by atoms with E-state index in [1.807, 2.05) is 56.3 Å². The molecule has 6 nitrogen and oxygen atoms in total. The largest absolute Gasteiger partial charge is 0.497 e. The van der Waals surface area contributed by atoms with Crippen molar-refractivity contribution in [2.24, 2.45) is 0 Å². The van der Waals surface area contributed by atoms with Crippen LogP contribution in [-0.2, 0) is 6.61 Å². The highest BCUT2D eigenvalue weighted by atomic mass is 16.7. The van der Waals surface area contributed by atoms with Crippen molar-refractivity contribution in [1.82, 2.24) is 4.73 Å². The van der Waals surface area contributed by atoms with Crippen LogP contribution in [0, 0.1) is 13.8 Å². The summed E-state index contributed by atoms with van der Waals surface area (Å²) in [4.78, 5) is 30.7. The van der Waals surface area contributed by atoms with Crippen molar-refractivity contribution in [1.29, 1.82) is 0 Å². The van der Waals surface area contributed by atoms with Gasteiger partial charge in [0.15, 0.2) is 0 Å². The van der Waals surface area contributed by atoms with Crippen LogP contribution in [0.15, 0.2) is 65.6 Å². The Morgan fingerprint density at radius 1 is 1.04 bits per heavy atom. The molecule has 0 aliphatic heterocycles. The molecule has 0 fully saturated rings. The van der Waals surface area contributed by atoms with E-state index in [4.69, 9.17) is 9.57 Å². The fourth-order valence-electron chi connectivity index (χ4n) is 2.63. The Morgan fingerprint density at radius 3 is 2.46 bits per heavy atom. The molecule has 0 aliphatic carbocycles. The summed E-state index contributed by atoms with van der Waals surface area (Å²) in [6.45, 7) is 4.15. The molecule has 0 bridgehead atoms. The van der Waals surface area contributed by atoms with Crippen molar-refractivity contribution in [3.8, 4) is 5.75 Å². The summed E-state index contributed by atoms with van der Waals surface area (Å²) in [5, 5.41) is 2.76. The molecule has 2 aromatic carbocycles. The third-order valence-electron chi connectivity index (χ3n) is 4.45. The summed E-state index contributed by atoms with van der Waals surface area (Å²) in [5.41, 5.74) is 3.20. The Bertz CT molecular complexity index is 1040. The molecule has 0 saturated carbocycles. The number of hydrogen-bond donors (Lipinski definition) is 1. The van der Waals surface area contributed by atoms with E-state index in [2.05, 4.69) is 5.32 Å². The van der Waals surface area contributed by atoms with Crippen molar-refractivity contribution >= 4 is 11.6 Å². The number of anilines is 1. The van der Waals surface area contributed by atoms with E-state index in [1.54, 1.807) is 13.2 Å². The van der Waals surface area contributed by atoms with Gasteiger partial charge in [0.1, 0.15) is 17.9 Å². The molecule has 0 aliphatic rings. The average molecular weight is 378 g/mol. The fraction of sp³-hybridized carbons (Fsp3) is 0.182. The topological polar surface area (TPSA) is 69.6 Å². The van der Waals surface area contributed by atoms with Crippen LogP contribution in [0.3, 0.4) is 0 Å². The number of amides is 1. The molecule has 3 rings (SSSR count). The van der Waals surface area contributed by atoms with Crippen LogP contribution in [-0.4, -0.2) is 17.7 Å². The molecule has 1 heterocycles. The van der Waals surface area contributed by atoms with Gasteiger partial charge in [-0.3, -0.25) is 9.59 Å². The number of carbonyl (C=O) groups is 1. The lowest BCUT2D eigenvalue weighted by molar-refractivity contribution is 0.0863. The molecule has 3 aromatic rings. The van der Waals surface area contributed by atoms with Gasteiger partial charge in [0.2, 0.25) is 0 Å². The zero-order valence-electron chi connectivity index (χ0n) is 16.1. The minimum absolute atomic E-state index is 0.00968. The first-order chi connectivity index (χ1) is 13.5. The SMILES string of the molecule is COc1ccc(COn2cccc(C(=O)Nc3ccc(C)c(C)c3)c2=O)cc1. The van der Waals surface area contributed by atoms with E-state index in [9.17, 15) is 9.59 Å². The van der Waals surface area contributed by atoms with Gasteiger partial charge in [-0.1, -0.05) is 18.2 Å². The van der Waals surface area contributed by atoms with Gasteiger partial charge in [0.25, 0.3) is 11.5 Å². The van der Waals surface area contributed by atoms with E-state index in [-0.39, 0.29) is 12.2 Å². The molecule has 144 valence electrons. The Balaban J connectivity index is 1.73. The molecule has 0 saturated heterocycles. The minimum Gasteiger partial charge on any atom is -0.497 e. The Morgan fingerprint density at radius 2 is 1.79 bits per heavy atom. The van der Waals surface area contributed by atoms with Crippen LogP contribution >= 0.6 is 0 Å². The smallest absolute Gasteiger partial charge is 0.295 e. The number of nitrogens with zero attached hydrogens (tertiary/aromatic N) is 1. The van der Waals surface area contributed by atoms with E-state index in [1.165, 1.54) is 12.3 Å². The van der Waals surface area contributed by atoms with Gasteiger partial charge in [-0.25, -0.2) is 0 Å². The van der Waals surface area contributed by atoms with Gasteiger partial charge in [-0.15, -0.1) is 0 Å². The van der Waals surface area contributed by atoms with Crippen molar-refractivity contribution in [3.05, 3.63) is 93.4 Å². The van der Waals surface area contributed by atoms with E-state index < -0.39 is 11.5 Å². The number of aromatic nitrogens is 1. The number of rotatable bonds is 6. The Labute approximate surface area is 163 Å². The molecule has 1 aromatic heterocycles. The monoisotopic (exact) mass is 378 g/mol. The second kappa shape index (κ2) is 8.43. The first-order valence-corrected chi connectivity index (χ1v) is 8.84. The number of ether oxygens (including phenoxy) is 1. The highest BCUT2D eigenvalue weighted by molar-refractivity contribution is 6.04. The van der Waals surface area contributed by atoms with Gasteiger partial charge >= 0.3 is 0 Å². The molecule has 6 heteroatoms. The summed E-state index contributed by atoms with van der Waals surface area (Å²) in [7, 11) is 1.60. The molecule has 0 atom stereocenters. The molecule has 1 N–H and O–H groups in total. The van der Waals surface area contributed by atoms with Crippen molar-refractivity contribution in [2.75, 3.05) is 12.4 Å². The number of carbonyl (C=O) groups excluding carboxylic acids is 1. The van der Waals surface area contributed by atoms with Crippen LogP contribution in [0.4, 0.5) is 5.69 Å². The standard InChI is InChI=1S/C22H22N2O4/c1-15-6-9-18(13-16(15)2)23-21(25)20-5-4-12-24(22(20)26)28-14-17-7-10-19(27-3)11-8-17/h4-13H,14H2,1-3H3,(H,23,25). The molecule has 1 amide bonds. The van der Waals surface area contributed by atoms with Gasteiger partial charge < -0.3 is 14.9 Å². The maximum Gasteiger partial charge on any atom is 0.295 e. The van der Waals surface area contributed by atoms with Crippen LogP contribution in [0.2, 0.25) is 0 Å². The fourth-order valence-corrected chi connectivity index (χ4v) is 2.63. The molecular weight excluding hydrogens is 356 g/mol. The number of pyridine rings is 1. The number of hydrogen-bond acceptors (Lipinski definition) is 4. The maximum atomic E-state index is 12.6. The van der Waals surface area contributed by atoms with Crippen molar-refractivity contribution in [2.45, 2.75) is 20.5 Å². The predicted molar refractivity (Wildman–Crippen MR) is 108 cm³/mol. The lowest BCUT2D eigenvalue weighted by Gasteiger charge is -2.11. The molecule has 28 heavy (non-hydrogen) atoms. The van der Waals surface area contributed by atoms with Crippen LogP contribution in [0.25, 0.3) is 0 Å². The Kier molecular flexibility index (Phi) is 5.79. The first kappa shape index (κ1) is 19.2. The summed E-state index contributed by atoms with van der Waals surface area (Å²) in [5.74, 6) is 0.265. The first-order valence-electron chi connectivity index (χ1n) is 8.84. The molecular formula is C22H22N2O4. The summed E-state index contributed by atoms with van der Waals surface area (Å²) in [6.07, 6.45) is 1.48. The second-order valence-electron chi connectivity index (χ2n) is 6.43. The Hall–Kier alpha value is -3.54. The van der Waals surface area contributed by atoms with Gasteiger partial charge in [-0.05, 0) is 66.9 Å². The molecule has 0 spiro atoms. The van der Waals surface area contributed by atoms with Crippen LogP contribution in [0.1, 0.15) is 27.0 Å². The van der Waals surface area contributed by atoms with Gasteiger partial charge in [0, 0.05) is 11.9 Å². The zero-order chi connectivity index (χ0) is 20.1. The van der Waals surface area contributed by atoms with Crippen LogP contribution in [0.5, 0.6) is 5.75 Å². The lowest BCUT2D eigenvalue weighted by Crippen LogP contribution is -2.32. The van der Waals surface area contributed by atoms with Gasteiger partial charge in [0.05, 0.1) is 7.11 Å². The number of aryl methyl sites for hydroxylation is 2. The van der Waals surface area contributed by atoms with E-state index in [0.29, 0.717) is 5.69 Å². The third kappa shape index (κ3) is 4.40. The predicted octanol–water partition coefficient (Wildman–Crippen LogP) is 3.35. The highest BCUT2D eigenvalue weighted by Crippen LogP contribution is 2.15. The van der Waals surface area contributed by atoms with Crippen molar-refractivity contribution in [3.63, 3.8) is 0 Å². The molecule has 0 radical (unpaired) electrons. The average Bonchev–Trinajstić information content (AvgIpc) is 2.70. The van der Waals surface area contributed by atoms with Crippen LogP contribution < -0.4 is 20.5 Å². The number of methoxy groups -OCH3 is 1. The summed E-state index contributed by atoms with van der Waals surface area (Å²) in [6, 6.07) is 16.0. The number of nitrogens with one attached hydrogen (secondary N) is 1. The number of benzene rings is 2. The minimum atomic E-state index is -0.516. The van der Waals surface area contributed by atoms with Gasteiger partial charge in [-0.2, -0.15) is 4.73 Å². The summed E-state index contributed by atoms with van der Waals surface area (Å²) >= 11 is 0. The maximum absolute atomic E-state index is 12.6. The summed E-state index contributed by atoms with van der Waals surface area (Å²) < 4.78 is 6.18. The quantitative estimate of drug-likeness (QED) is 0.714. The van der Waals surface area contributed by atoms with E-state index >= 15 is 0 Å². The van der Waals surface area contributed by atoms with Crippen molar-refractivity contribution < 1.29 is 14.4 Å². The van der Waals surface area contributed by atoms with E-state index in [0.717, 1.165) is 27.2 Å². The third-order valence-corrected chi connectivity index (χ3v) is 4.45. The highest BCUT2D eigenvalue weighted by Gasteiger charge is 2.13. The second-order valence-corrected chi connectivity index (χ2v) is 6.43. The lowest BCUT2D eigenvalue weighted by atomic mass is 10.1. The normalized spacial score (nSPS) is 10.4. The zero-order valence-corrected chi connectivity index (χ0v) is 16.1.